The van der Waals surface area contributed by atoms with Gasteiger partial charge in [0.1, 0.15) is 5.75 Å². The predicted octanol–water partition coefficient (Wildman–Crippen LogP) is 2.88. The Morgan fingerprint density at radius 1 is 1.07 bits per heavy atom. The van der Waals surface area contributed by atoms with Gasteiger partial charge in [-0.15, -0.1) is 0 Å². The summed E-state index contributed by atoms with van der Waals surface area (Å²) in [6.45, 7) is 1.32. The van der Waals surface area contributed by atoms with Crippen LogP contribution in [0.5, 0.6) is 17.2 Å². The maximum absolute atomic E-state index is 13.2. The number of amides is 2. The summed E-state index contributed by atoms with van der Waals surface area (Å²) in [5, 5.41) is 0. The Kier molecular flexibility index (Phi) is 6.82. The highest BCUT2D eigenvalue weighted by Crippen LogP contribution is 2.36. The van der Waals surface area contributed by atoms with Crippen LogP contribution in [-0.2, 0) is 4.79 Å². The number of primary amides is 1. The Hall–Kier alpha value is -3.22. The molecule has 1 aliphatic heterocycles. The van der Waals surface area contributed by atoms with E-state index < -0.39 is 11.3 Å². The van der Waals surface area contributed by atoms with Crippen molar-refractivity contribution in [2.45, 2.75) is 19.3 Å². The van der Waals surface area contributed by atoms with E-state index in [1.54, 1.807) is 30.2 Å². The van der Waals surface area contributed by atoms with E-state index in [-0.39, 0.29) is 12.3 Å². The van der Waals surface area contributed by atoms with Gasteiger partial charge in [-0.3, -0.25) is 9.59 Å². The van der Waals surface area contributed by atoms with Crippen molar-refractivity contribution in [1.82, 2.24) is 4.90 Å². The quantitative estimate of drug-likeness (QED) is 0.720. The van der Waals surface area contributed by atoms with Gasteiger partial charge in [-0.25, -0.2) is 0 Å². The van der Waals surface area contributed by atoms with Gasteiger partial charge in [0.2, 0.25) is 5.91 Å². The third-order valence-electron chi connectivity index (χ3n) is 5.42. The van der Waals surface area contributed by atoms with Crippen molar-refractivity contribution in [3.05, 3.63) is 54.1 Å². The molecule has 1 atom stereocenters. The highest BCUT2D eigenvalue weighted by Gasteiger charge is 2.39. The molecule has 30 heavy (non-hydrogen) atoms. The van der Waals surface area contributed by atoms with Crippen LogP contribution in [0.15, 0.2) is 48.5 Å². The van der Waals surface area contributed by atoms with Gasteiger partial charge in [0.15, 0.2) is 11.5 Å². The molecule has 2 amide bonds. The number of ether oxygens (including phenoxy) is 3. The summed E-state index contributed by atoms with van der Waals surface area (Å²) in [6, 6.07) is 14.5. The normalized spacial score (nSPS) is 18.5. The van der Waals surface area contributed by atoms with Gasteiger partial charge >= 0.3 is 0 Å². The zero-order valence-corrected chi connectivity index (χ0v) is 17.4. The average Bonchev–Trinajstić information content (AvgIpc) is 2.77. The zero-order chi connectivity index (χ0) is 21.6. The molecule has 2 N–H and O–H groups in total. The zero-order valence-electron chi connectivity index (χ0n) is 17.4. The number of benzene rings is 2. The second kappa shape index (κ2) is 9.52. The van der Waals surface area contributed by atoms with Gasteiger partial charge in [0.05, 0.1) is 20.8 Å². The molecule has 2 aromatic rings. The molecule has 0 aliphatic carbocycles. The lowest BCUT2D eigenvalue weighted by molar-refractivity contribution is -0.122. The predicted molar refractivity (Wildman–Crippen MR) is 113 cm³/mol. The SMILES string of the molecule is COc1ccc(C(=O)N2CCCC(COc3ccccc3)(CC(N)=O)C2)cc1OC. The molecule has 0 saturated carbocycles. The van der Waals surface area contributed by atoms with Crippen molar-refractivity contribution in [3.63, 3.8) is 0 Å². The fourth-order valence-corrected chi connectivity index (χ4v) is 3.97. The van der Waals surface area contributed by atoms with E-state index in [0.717, 1.165) is 18.6 Å². The number of piperidine rings is 1. The maximum Gasteiger partial charge on any atom is 0.254 e. The monoisotopic (exact) mass is 412 g/mol. The van der Waals surface area contributed by atoms with Crippen molar-refractivity contribution >= 4 is 11.8 Å². The van der Waals surface area contributed by atoms with Gasteiger partial charge in [-0.1, -0.05) is 18.2 Å². The van der Waals surface area contributed by atoms with Crippen LogP contribution in [0.2, 0.25) is 0 Å². The van der Waals surface area contributed by atoms with Gasteiger partial charge in [-0.2, -0.15) is 0 Å². The highest BCUT2D eigenvalue weighted by molar-refractivity contribution is 5.95. The fraction of sp³-hybridized carbons (Fsp3) is 0.391. The fourth-order valence-electron chi connectivity index (χ4n) is 3.97. The molecule has 1 unspecified atom stereocenters. The van der Waals surface area contributed by atoms with Crippen LogP contribution < -0.4 is 19.9 Å². The molecule has 3 rings (SSSR count). The van der Waals surface area contributed by atoms with Gasteiger partial charge in [-0.05, 0) is 43.2 Å². The largest absolute Gasteiger partial charge is 0.493 e. The molecule has 160 valence electrons. The second-order valence-electron chi connectivity index (χ2n) is 7.64. The number of methoxy groups -OCH3 is 2. The van der Waals surface area contributed by atoms with Gasteiger partial charge in [0, 0.05) is 30.5 Å². The average molecular weight is 412 g/mol. The summed E-state index contributed by atoms with van der Waals surface area (Å²) in [7, 11) is 3.08. The van der Waals surface area contributed by atoms with Crippen molar-refractivity contribution < 1.29 is 23.8 Å². The highest BCUT2D eigenvalue weighted by atomic mass is 16.5. The standard InChI is InChI=1S/C23H28N2O5/c1-28-19-10-9-17(13-20(19)29-2)22(27)25-12-6-11-23(15-25,14-21(24)26)16-30-18-7-4-3-5-8-18/h3-5,7-10,13H,6,11-12,14-16H2,1-2H3,(H2,24,26). The Labute approximate surface area is 176 Å². The number of hydrogen-bond donors (Lipinski definition) is 1. The minimum Gasteiger partial charge on any atom is -0.493 e. The van der Waals surface area contributed by atoms with Crippen LogP contribution in [0.25, 0.3) is 0 Å². The molecule has 7 heteroatoms. The molecule has 1 fully saturated rings. The maximum atomic E-state index is 13.2. The summed E-state index contributed by atoms with van der Waals surface area (Å²) in [5.74, 6) is 1.27. The number of likely N-dealkylation sites (tertiary alicyclic amines) is 1. The first-order valence-corrected chi connectivity index (χ1v) is 9.94. The van der Waals surface area contributed by atoms with E-state index in [1.807, 2.05) is 30.3 Å². The Morgan fingerprint density at radius 3 is 2.47 bits per heavy atom. The Morgan fingerprint density at radius 2 is 1.80 bits per heavy atom. The molecular weight excluding hydrogens is 384 g/mol. The molecule has 0 radical (unpaired) electrons. The molecule has 1 saturated heterocycles. The van der Waals surface area contributed by atoms with E-state index in [0.29, 0.717) is 36.8 Å². The third kappa shape index (κ3) is 5.03. The molecule has 1 heterocycles. The molecule has 0 bridgehead atoms. The summed E-state index contributed by atoms with van der Waals surface area (Å²) >= 11 is 0. The van der Waals surface area contributed by atoms with Gasteiger partial charge < -0.3 is 24.8 Å². The topological polar surface area (TPSA) is 91.1 Å². The molecule has 2 aromatic carbocycles. The summed E-state index contributed by atoms with van der Waals surface area (Å²) in [5.41, 5.74) is 5.54. The molecule has 0 aromatic heterocycles. The Balaban J connectivity index is 1.79. The number of rotatable bonds is 8. The molecule has 7 nitrogen and oxygen atoms in total. The summed E-state index contributed by atoms with van der Waals surface area (Å²) in [4.78, 5) is 26.8. The second-order valence-corrected chi connectivity index (χ2v) is 7.64. The van der Waals surface area contributed by atoms with Crippen molar-refractivity contribution in [1.29, 1.82) is 0 Å². The molecule has 1 aliphatic rings. The first-order chi connectivity index (χ1) is 14.5. The van der Waals surface area contributed by atoms with Crippen molar-refractivity contribution in [2.24, 2.45) is 11.1 Å². The first-order valence-electron chi connectivity index (χ1n) is 9.94. The van der Waals surface area contributed by atoms with Crippen LogP contribution in [0.1, 0.15) is 29.6 Å². The third-order valence-corrected chi connectivity index (χ3v) is 5.42. The number of hydrogen-bond acceptors (Lipinski definition) is 5. The molecule has 0 spiro atoms. The minimum absolute atomic E-state index is 0.121. The van der Waals surface area contributed by atoms with Crippen molar-refractivity contribution in [2.75, 3.05) is 33.9 Å². The van der Waals surface area contributed by atoms with Crippen LogP contribution in [-0.4, -0.2) is 50.6 Å². The lowest BCUT2D eigenvalue weighted by Gasteiger charge is -2.42. The number of nitrogens with zero attached hydrogens (tertiary/aromatic N) is 1. The smallest absolute Gasteiger partial charge is 0.254 e. The van der Waals surface area contributed by atoms with E-state index >= 15 is 0 Å². The lowest BCUT2D eigenvalue weighted by Crippen LogP contribution is -2.50. The molecular formula is C23H28N2O5. The number of para-hydroxylation sites is 1. The number of carbonyl (C=O) groups is 2. The lowest BCUT2D eigenvalue weighted by atomic mass is 9.77. The summed E-state index contributed by atoms with van der Waals surface area (Å²) < 4.78 is 16.5. The first kappa shape index (κ1) is 21.5. The number of carbonyl (C=O) groups excluding carboxylic acids is 2. The minimum atomic E-state index is -0.522. The van der Waals surface area contributed by atoms with Crippen LogP contribution in [0.3, 0.4) is 0 Å². The van der Waals surface area contributed by atoms with Crippen LogP contribution >= 0.6 is 0 Å². The van der Waals surface area contributed by atoms with E-state index in [2.05, 4.69) is 0 Å². The number of nitrogens with two attached hydrogens (primary N) is 1. The van der Waals surface area contributed by atoms with Crippen molar-refractivity contribution in [3.8, 4) is 17.2 Å². The van der Waals surface area contributed by atoms with E-state index in [9.17, 15) is 9.59 Å². The Bertz CT molecular complexity index is 886. The van der Waals surface area contributed by atoms with E-state index in [4.69, 9.17) is 19.9 Å². The van der Waals surface area contributed by atoms with Gasteiger partial charge in [0.25, 0.3) is 5.91 Å². The van der Waals surface area contributed by atoms with Crippen LogP contribution in [0, 0.1) is 5.41 Å². The summed E-state index contributed by atoms with van der Waals surface area (Å²) in [6.07, 6.45) is 1.69. The van der Waals surface area contributed by atoms with E-state index in [1.165, 1.54) is 7.11 Å². The van der Waals surface area contributed by atoms with Crippen LogP contribution in [0.4, 0.5) is 0 Å².